The molecule has 2 N–H and O–H groups in total. The van der Waals surface area contributed by atoms with Crippen LogP contribution in [0.2, 0.25) is 0 Å². The highest BCUT2D eigenvalue weighted by molar-refractivity contribution is 5.88. The SMILES string of the molecule is CC(=O)Nc1ccc(CC(=O)NC(C)c2cc3ccccc3o2)cc1. The molecule has 3 rings (SSSR count). The molecule has 1 unspecified atom stereocenters. The molecule has 3 aromatic rings. The van der Waals surface area contributed by atoms with Crippen LogP contribution >= 0.6 is 0 Å². The molecular weight excluding hydrogens is 316 g/mol. The number of benzene rings is 2. The molecule has 1 atom stereocenters. The monoisotopic (exact) mass is 336 g/mol. The zero-order valence-electron chi connectivity index (χ0n) is 14.2. The first-order valence-electron chi connectivity index (χ1n) is 8.15. The Morgan fingerprint density at radius 1 is 1.08 bits per heavy atom. The van der Waals surface area contributed by atoms with Crippen LogP contribution in [-0.4, -0.2) is 11.8 Å². The predicted octanol–water partition coefficient (Wildman–Crippen LogP) is 3.81. The molecule has 0 aliphatic rings. The van der Waals surface area contributed by atoms with Gasteiger partial charge >= 0.3 is 0 Å². The number of para-hydroxylation sites is 1. The number of carbonyl (C=O) groups excluding carboxylic acids is 2. The average Bonchev–Trinajstić information content (AvgIpc) is 3.00. The minimum absolute atomic E-state index is 0.0831. The van der Waals surface area contributed by atoms with Crippen molar-refractivity contribution in [2.45, 2.75) is 26.3 Å². The Balaban J connectivity index is 1.60. The molecule has 2 amide bonds. The molecule has 0 saturated carbocycles. The van der Waals surface area contributed by atoms with Gasteiger partial charge in [0.25, 0.3) is 0 Å². The number of furan rings is 1. The second-order valence-corrected chi connectivity index (χ2v) is 6.03. The first kappa shape index (κ1) is 16.8. The van der Waals surface area contributed by atoms with E-state index in [1.54, 1.807) is 12.1 Å². The van der Waals surface area contributed by atoms with Gasteiger partial charge in [-0.15, -0.1) is 0 Å². The maximum atomic E-state index is 12.3. The Hall–Kier alpha value is -3.08. The van der Waals surface area contributed by atoms with Crippen LogP contribution in [0, 0.1) is 0 Å². The fourth-order valence-electron chi connectivity index (χ4n) is 2.67. The van der Waals surface area contributed by atoms with Crippen molar-refractivity contribution in [1.29, 1.82) is 0 Å². The highest BCUT2D eigenvalue weighted by Gasteiger charge is 2.14. The molecule has 0 aliphatic heterocycles. The summed E-state index contributed by atoms with van der Waals surface area (Å²) in [5.41, 5.74) is 2.41. The highest BCUT2D eigenvalue weighted by Crippen LogP contribution is 2.23. The number of amides is 2. The van der Waals surface area contributed by atoms with Crippen LogP contribution in [0.1, 0.15) is 31.2 Å². The third-order valence-corrected chi connectivity index (χ3v) is 3.89. The summed E-state index contributed by atoms with van der Waals surface area (Å²) < 4.78 is 5.78. The van der Waals surface area contributed by atoms with Gasteiger partial charge in [-0.1, -0.05) is 30.3 Å². The maximum absolute atomic E-state index is 12.3. The molecular formula is C20H20N2O3. The Bertz CT molecular complexity index is 864. The molecule has 0 fully saturated rings. The molecule has 5 nitrogen and oxygen atoms in total. The van der Waals surface area contributed by atoms with Gasteiger partial charge in [0, 0.05) is 18.0 Å². The van der Waals surface area contributed by atoms with Crippen LogP contribution in [-0.2, 0) is 16.0 Å². The summed E-state index contributed by atoms with van der Waals surface area (Å²) in [6.45, 7) is 3.36. The molecule has 1 aromatic heterocycles. The summed E-state index contributed by atoms with van der Waals surface area (Å²) in [6, 6.07) is 16.7. The number of anilines is 1. The van der Waals surface area contributed by atoms with E-state index in [0.717, 1.165) is 22.3 Å². The van der Waals surface area contributed by atoms with Crippen molar-refractivity contribution in [1.82, 2.24) is 5.32 Å². The molecule has 0 aliphatic carbocycles. The van der Waals surface area contributed by atoms with Crippen LogP contribution in [0.4, 0.5) is 5.69 Å². The maximum Gasteiger partial charge on any atom is 0.224 e. The average molecular weight is 336 g/mol. The normalized spacial score (nSPS) is 11.9. The number of hydrogen-bond donors (Lipinski definition) is 2. The quantitative estimate of drug-likeness (QED) is 0.744. The van der Waals surface area contributed by atoms with E-state index >= 15 is 0 Å². The Morgan fingerprint density at radius 2 is 1.80 bits per heavy atom. The van der Waals surface area contributed by atoms with Crippen LogP contribution in [0.25, 0.3) is 11.0 Å². The van der Waals surface area contributed by atoms with Crippen molar-refractivity contribution in [2.75, 3.05) is 5.32 Å². The second-order valence-electron chi connectivity index (χ2n) is 6.03. The van der Waals surface area contributed by atoms with Gasteiger partial charge in [0.2, 0.25) is 11.8 Å². The van der Waals surface area contributed by atoms with Gasteiger partial charge in [-0.25, -0.2) is 0 Å². The van der Waals surface area contributed by atoms with Gasteiger partial charge in [-0.05, 0) is 36.8 Å². The number of carbonyl (C=O) groups is 2. The second kappa shape index (κ2) is 7.21. The predicted molar refractivity (Wildman–Crippen MR) is 97.2 cm³/mol. The Kier molecular flexibility index (Phi) is 4.84. The van der Waals surface area contributed by atoms with Crippen molar-refractivity contribution in [3.8, 4) is 0 Å². The van der Waals surface area contributed by atoms with E-state index in [-0.39, 0.29) is 24.3 Å². The lowest BCUT2D eigenvalue weighted by Crippen LogP contribution is -2.27. The van der Waals surface area contributed by atoms with Gasteiger partial charge in [-0.2, -0.15) is 0 Å². The van der Waals surface area contributed by atoms with Crippen molar-refractivity contribution < 1.29 is 14.0 Å². The van der Waals surface area contributed by atoms with Gasteiger partial charge in [0.05, 0.1) is 12.5 Å². The van der Waals surface area contributed by atoms with Crippen molar-refractivity contribution in [3.05, 3.63) is 65.9 Å². The zero-order chi connectivity index (χ0) is 17.8. The fraction of sp³-hybridized carbons (Fsp3) is 0.200. The lowest BCUT2D eigenvalue weighted by Gasteiger charge is -2.11. The molecule has 128 valence electrons. The largest absolute Gasteiger partial charge is 0.459 e. The fourth-order valence-corrected chi connectivity index (χ4v) is 2.67. The molecule has 0 saturated heterocycles. The summed E-state index contributed by atoms with van der Waals surface area (Å²) in [7, 11) is 0. The van der Waals surface area contributed by atoms with E-state index in [2.05, 4.69) is 10.6 Å². The first-order chi connectivity index (χ1) is 12.0. The summed E-state index contributed by atoms with van der Waals surface area (Å²) in [5, 5.41) is 6.67. The van der Waals surface area contributed by atoms with E-state index in [1.165, 1.54) is 6.92 Å². The molecule has 0 radical (unpaired) electrons. The number of nitrogens with one attached hydrogen (secondary N) is 2. The summed E-state index contributed by atoms with van der Waals surface area (Å²) in [5.74, 6) is 0.529. The zero-order valence-corrected chi connectivity index (χ0v) is 14.2. The summed E-state index contributed by atoms with van der Waals surface area (Å²) in [4.78, 5) is 23.3. The van der Waals surface area contributed by atoms with E-state index in [4.69, 9.17) is 4.42 Å². The number of fused-ring (bicyclic) bond motifs is 1. The van der Waals surface area contributed by atoms with Gasteiger partial charge in [-0.3, -0.25) is 9.59 Å². The first-order valence-corrected chi connectivity index (χ1v) is 8.15. The van der Waals surface area contributed by atoms with E-state index in [0.29, 0.717) is 5.69 Å². The molecule has 2 aromatic carbocycles. The van der Waals surface area contributed by atoms with Crippen LogP contribution < -0.4 is 10.6 Å². The van der Waals surface area contributed by atoms with Crippen molar-refractivity contribution in [2.24, 2.45) is 0 Å². The summed E-state index contributed by atoms with van der Waals surface area (Å²) >= 11 is 0. The van der Waals surface area contributed by atoms with Gasteiger partial charge in [0.15, 0.2) is 0 Å². The topological polar surface area (TPSA) is 71.3 Å². The lowest BCUT2D eigenvalue weighted by molar-refractivity contribution is -0.121. The highest BCUT2D eigenvalue weighted by atomic mass is 16.3. The van der Waals surface area contributed by atoms with E-state index in [9.17, 15) is 9.59 Å². The van der Waals surface area contributed by atoms with Crippen molar-refractivity contribution in [3.63, 3.8) is 0 Å². The third-order valence-electron chi connectivity index (χ3n) is 3.89. The van der Waals surface area contributed by atoms with E-state index < -0.39 is 0 Å². The molecule has 0 bridgehead atoms. The summed E-state index contributed by atoms with van der Waals surface area (Å²) in [6.07, 6.45) is 0.269. The third kappa shape index (κ3) is 4.26. The smallest absolute Gasteiger partial charge is 0.224 e. The molecule has 1 heterocycles. The number of rotatable bonds is 5. The molecule has 25 heavy (non-hydrogen) atoms. The van der Waals surface area contributed by atoms with E-state index in [1.807, 2.05) is 49.4 Å². The van der Waals surface area contributed by atoms with Gasteiger partial charge in [0.1, 0.15) is 11.3 Å². The minimum atomic E-state index is -0.210. The standard InChI is InChI=1S/C20H20N2O3/c1-13(19-12-16-5-3-4-6-18(16)25-19)21-20(24)11-15-7-9-17(10-8-15)22-14(2)23/h3-10,12-13H,11H2,1-2H3,(H,21,24)(H,22,23). The van der Waals surface area contributed by atoms with Crippen LogP contribution in [0.15, 0.2) is 59.0 Å². The molecule has 5 heteroatoms. The van der Waals surface area contributed by atoms with Crippen molar-refractivity contribution >= 4 is 28.5 Å². The lowest BCUT2D eigenvalue weighted by atomic mass is 10.1. The van der Waals surface area contributed by atoms with Gasteiger partial charge < -0.3 is 15.1 Å². The molecule has 0 spiro atoms. The number of hydrogen-bond acceptors (Lipinski definition) is 3. The Morgan fingerprint density at radius 3 is 2.48 bits per heavy atom. The van der Waals surface area contributed by atoms with Crippen LogP contribution in [0.5, 0.6) is 0 Å². The minimum Gasteiger partial charge on any atom is -0.459 e. The van der Waals surface area contributed by atoms with Crippen LogP contribution in [0.3, 0.4) is 0 Å². The Labute approximate surface area is 146 Å².